The molecule has 0 aliphatic heterocycles. The van der Waals surface area contributed by atoms with Crippen molar-refractivity contribution >= 4 is 35.3 Å². The fourth-order valence-electron chi connectivity index (χ4n) is 1.49. The molecule has 1 aromatic carbocycles. The Morgan fingerprint density at radius 2 is 2.24 bits per heavy atom. The first-order valence-corrected chi connectivity index (χ1v) is 6.90. The third kappa shape index (κ3) is 4.51. The van der Waals surface area contributed by atoms with E-state index in [4.69, 9.17) is 27.9 Å². The minimum Gasteiger partial charge on any atom is -0.479 e. The van der Waals surface area contributed by atoms with Gasteiger partial charge >= 0.3 is 0 Å². The summed E-state index contributed by atoms with van der Waals surface area (Å²) in [7, 11) is 0. The number of hydrogen-bond donors (Lipinski definition) is 2. The van der Waals surface area contributed by atoms with Crippen LogP contribution in [0.2, 0.25) is 10.0 Å². The highest BCUT2D eigenvalue weighted by Crippen LogP contribution is 2.28. The molecule has 0 saturated heterocycles. The molecule has 2 aromatic rings. The lowest BCUT2D eigenvalue weighted by atomic mass is 10.3. The standard InChI is InChI=1S/C14H13Cl2N3O2/c1-9(21-13-7-10(15)4-5-12(13)16)14(20)19-18-8-11-3-2-6-17-11/h2-9,17H,1H3,(H,19,20). The van der Waals surface area contributed by atoms with Crippen molar-refractivity contribution in [1.82, 2.24) is 10.4 Å². The zero-order valence-electron chi connectivity index (χ0n) is 11.1. The van der Waals surface area contributed by atoms with E-state index < -0.39 is 12.0 Å². The SMILES string of the molecule is CC(Oc1cc(Cl)ccc1Cl)C(=O)NN=Cc1ccc[nH]1. The third-order valence-electron chi connectivity index (χ3n) is 2.57. The number of carbonyl (C=O) groups is 1. The van der Waals surface area contributed by atoms with Crippen molar-refractivity contribution in [1.29, 1.82) is 0 Å². The largest absolute Gasteiger partial charge is 0.479 e. The number of benzene rings is 1. The second-order valence-electron chi connectivity index (χ2n) is 4.19. The number of amides is 1. The van der Waals surface area contributed by atoms with Crippen LogP contribution in [0.3, 0.4) is 0 Å². The lowest BCUT2D eigenvalue weighted by molar-refractivity contribution is -0.127. The summed E-state index contributed by atoms with van der Waals surface area (Å²) >= 11 is 11.8. The van der Waals surface area contributed by atoms with Gasteiger partial charge in [-0.1, -0.05) is 23.2 Å². The Bertz CT molecular complexity index is 642. The number of carbonyl (C=O) groups excluding carboxylic acids is 1. The van der Waals surface area contributed by atoms with Crippen molar-refractivity contribution in [3.63, 3.8) is 0 Å². The van der Waals surface area contributed by atoms with E-state index in [-0.39, 0.29) is 0 Å². The molecule has 1 atom stereocenters. The molecular formula is C14H13Cl2N3O2. The predicted octanol–water partition coefficient (Wildman–Crippen LogP) is 3.24. The number of hydrazone groups is 1. The van der Waals surface area contributed by atoms with Crippen LogP contribution in [0.25, 0.3) is 0 Å². The normalized spacial score (nSPS) is 12.3. The van der Waals surface area contributed by atoms with Crippen LogP contribution in [-0.2, 0) is 4.79 Å². The maximum atomic E-state index is 11.8. The average molecular weight is 326 g/mol. The molecule has 2 N–H and O–H groups in total. The van der Waals surface area contributed by atoms with E-state index in [1.165, 1.54) is 6.21 Å². The van der Waals surface area contributed by atoms with E-state index in [1.54, 1.807) is 31.3 Å². The van der Waals surface area contributed by atoms with Crippen molar-refractivity contribution < 1.29 is 9.53 Å². The molecule has 1 aromatic heterocycles. The molecule has 110 valence electrons. The first-order valence-electron chi connectivity index (χ1n) is 6.14. The summed E-state index contributed by atoms with van der Waals surface area (Å²) in [6.45, 7) is 1.59. The van der Waals surface area contributed by atoms with Crippen LogP contribution in [0, 0.1) is 0 Å². The van der Waals surface area contributed by atoms with Crippen LogP contribution in [0.4, 0.5) is 0 Å². The third-order valence-corrected chi connectivity index (χ3v) is 3.11. The molecule has 7 heteroatoms. The zero-order chi connectivity index (χ0) is 15.2. The van der Waals surface area contributed by atoms with Crippen LogP contribution in [-0.4, -0.2) is 23.2 Å². The summed E-state index contributed by atoms with van der Waals surface area (Å²) in [5, 5.41) is 4.68. The monoisotopic (exact) mass is 325 g/mol. The summed E-state index contributed by atoms with van der Waals surface area (Å²) in [6, 6.07) is 8.45. The molecule has 0 spiro atoms. The van der Waals surface area contributed by atoms with Crippen molar-refractivity contribution in [2.75, 3.05) is 0 Å². The van der Waals surface area contributed by atoms with E-state index >= 15 is 0 Å². The summed E-state index contributed by atoms with van der Waals surface area (Å²) in [5.41, 5.74) is 3.16. The highest BCUT2D eigenvalue weighted by Gasteiger charge is 2.15. The molecule has 0 saturated carbocycles. The summed E-state index contributed by atoms with van der Waals surface area (Å²) in [6.07, 6.45) is 2.49. The first kappa shape index (κ1) is 15.4. The minimum atomic E-state index is -0.762. The molecular weight excluding hydrogens is 313 g/mol. The molecule has 21 heavy (non-hydrogen) atoms. The zero-order valence-corrected chi connectivity index (χ0v) is 12.7. The molecule has 0 fully saturated rings. The predicted molar refractivity (Wildman–Crippen MR) is 83.1 cm³/mol. The Kier molecular flexibility index (Phi) is 5.25. The number of halogens is 2. The van der Waals surface area contributed by atoms with Gasteiger partial charge in [0.15, 0.2) is 6.10 Å². The molecule has 0 bridgehead atoms. The second kappa shape index (κ2) is 7.15. The lowest BCUT2D eigenvalue weighted by Gasteiger charge is -2.14. The van der Waals surface area contributed by atoms with E-state index in [0.717, 1.165) is 5.69 Å². The van der Waals surface area contributed by atoms with Crippen LogP contribution in [0.15, 0.2) is 41.6 Å². The Hall–Kier alpha value is -1.98. The fourth-order valence-corrected chi connectivity index (χ4v) is 1.82. The van der Waals surface area contributed by atoms with Crippen molar-refractivity contribution in [2.45, 2.75) is 13.0 Å². The van der Waals surface area contributed by atoms with Gasteiger partial charge in [0.25, 0.3) is 5.91 Å². The molecule has 0 radical (unpaired) electrons. The highest BCUT2D eigenvalue weighted by atomic mass is 35.5. The van der Waals surface area contributed by atoms with Crippen LogP contribution < -0.4 is 10.2 Å². The van der Waals surface area contributed by atoms with Gasteiger partial charge in [0.1, 0.15) is 5.75 Å². The van der Waals surface area contributed by atoms with Crippen molar-refractivity contribution in [3.05, 3.63) is 52.3 Å². The van der Waals surface area contributed by atoms with Gasteiger partial charge in [0.2, 0.25) is 0 Å². The van der Waals surface area contributed by atoms with Gasteiger partial charge in [-0.2, -0.15) is 5.10 Å². The smallest absolute Gasteiger partial charge is 0.280 e. The molecule has 1 heterocycles. The number of nitrogens with zero attached hydrogens (tertiary/aromatic N) is 1. The Balaban J connectivity index is 1.92. The van der Waals surface area contributed by atoms with Gasteiger partial charge in [-0.15, -0.1) is 0 Å². The summed E-state index contributed by atoms with van der Waals surface area (Å²) in [5.74, 6) is -0.0472. The Morgan fingerprint density at radius 1 is 1.43 bits per heavy atom. The highest BCUT2D eigenvalue weighted by molar-refractivity contribution is 6.34. The molecule has 0 aliphatic rings. The molecule has 1 amide bonds. The van der Waals surface area contributed by atoms with Crippen LogP contribution in [0.1, 0.15) is 12.6 Å². The van der Waals surface area contributed by atoms with Crippen LogP contribution in [0.5, 0.6) is 5.75 Å². The number of aromatic nitrogens is 1. The molecule has 0 aliphatic carbocycles. The number of ether oxygens (including phenoxy) is 1. The molecule has 5 nitrogen and oxygen atoms in total. The van der Waals surface area contributed by atoms with E-state index in [2.05, 4.69) is 15.5 Å². The van der Waals surface area contributed by atoms with Crippen LogP contribution >= 0.6 is 23.2 Å². The van der Waals surface area contributed by atoms with Gasteiger partial charge in [-0.3, -0.25) is 4.79 Å². The van der Waals surface area contributed by atoms with E-state index in [0.29, 0.717) is 15.8 Å². The maximum absolute atomic E-state index is 11.8. The maximum Gasteiger partial charge on any atom is 0.280 e. The van der Waals surface area contributed by atoms with Gasteiger partial charge in [-0.25, -0.2) is 5.43 Å². The quantitative estimate of drug-likeness (QED) is 0.654. The Morgan fingerprint density at radius 3 is 2.95 bits per heavy atom. The number of hydrogen-bond acceptors (Lipinski definition) is 3. The lowest BCUT2D eigenvalue weighted by Crippen LogP contribution is -2.33. The summed E-state index contributed by atoms with van der Waals surface area (Å²) in [4.78, 5) is 14.8. The number of rotatable bonds is 5. The molecule has 2 rings (SSSR count). The van der Waals surface area contributed by atoms with Gasteiger partial charge in [-0.05, 0) is 31.2 Å². The topological polar surface area (TPSA) is 66.5 Å². The van der Waals surface area contributed by atoms with Crippen molar-refractivity contribution in [2.24, 2.45) is 5.10 Å². The molecule has 1 unspecified atom stereocenters. The Labute approximate surface area is 131 Å². The van der Waals surface area contributed by atoms with Crippen molar-refractivity contribution in [3.8, 4) is 5.75 Å². The van der Waals surface area contributed by atoms with Gasteiger partial charge in [0, 0.05) is 17.3 Å². The fraction of sp³-hybridized carbons (Fsp3) is 0.143. The second-order valence-corrected chi connectivity index (χ2v) is 5.04. The average Bonchev–Trinajstić information content (AvgIpc) is 2.96. The number of nitrogens with one attached hydrogen (secondary N) is 2. The van der Waals surface area contributed by atoms with Gasteiger partial charge < -0.3 is 9.72 Å². The van der Waals surface area contributed by atoms with E-state index in [9.17, 15) is 4.79 Å². The van der Waals surface area contributed by atoms with E-state index in [1.807, 2.05) is 12.1 Å². The minimum absolute atomic E-state index is 0.347. The summed E-state index contributed by atoms with van der Waals surface area (Å²) < 4.78 is 5.47. The number of H-pyrrole nitrogens is 1. The number of aromatic amines is 1. The first-order chi connectivity index (χ1) is 10.1. The van der Waals surface area contributed by atoms with Gasteiger partial charge in [0.05, 0.1) is 16.9 Å².